The average Bonchev–Trinajstić information content (AvgIpc) is 2.40. The molecule has 0 aliphatic carbocycles. The lowest BCUT2D eigenvalue weighted by Crippen LogP contribution is -2.19. The van der Waals surface area contributed by atoms with Crippen LogP contribution in [0, 0.1) is 25.2 Å². The lowest BCUT2D eigenvalue weighted by Gasteiger charge is -2.22. The topological polar surface area (TPSA) is 65.9 Å². The Labute approximate surface area is 119 Å². The number of aryl methyl sites for hydroxylation is 2. The molecule has 2 rings (SSSR count). The molecular weight excluding hydrogens is 248 g/mol. The number of hydrogen-bond donors (Lipinski definition) is 1. The van der Waals surface area contributed by atoms with E-state index >= 15 is 0 Å². The first-order valence-corrected chi connectivity index (χ1v) is 6.45. The third kappa shape index (κ3) is 2.72. The second kappa shape index (κ2) is 5.62. The van der Waals surface area contributed by atoms with E-state index in [9.17, 15) is 5.26 Å². The smallest absolute Gasteiger partial charge is 0.103 e. The summed E-state index contributed by atoms with van der Waals surface area (Å²) < 4.78 is 0. The van der Waals surface area contributed by atoms with Gasteiger partial charge in [-0.15, -0.1) is 0 Å². The van der Waals surface area contributed by atoms with Gasteiger partial charge in [0, 0.05) is 25.0 Å². The van der Waals surface area contributed by atoms with Crippen molar-refractivity contribution in [2.75, 3.05) is 17.7 Å². The van der Waals surface area contributed by atoms with Gasteiger partial charge >= 0.3 is 0 Å². The molecule has 0 saturated heterocycles. The van der Waals surface area contributed by atoms with Gasteiger partial charge in [-0.05, 0) is 31.5 Å². The summed E-state index contributed by atoms with van der Waals surface area (Å²) in [7, 11) is 1.96. The third-order valence-corrected chi connectivity index (χ3v) is 3.29. The van der Waals surface area contributed by atoms with Crippen molar-refractivity contribution in [1.29, 1.82) is 5.26 Å². The Kier molecular flexibility index (Phi) is 3.90. The third-order valence-electron chi connectivity index (χ3n) is 3.29. The van der Waals surface area contributed by atoms with Crippen LogP contribution in [0.15, 0.2) is 30.3 Å². The maximum atomic E-state index is 9.32. The highest BCUT2D eigenvalue weighted by molar-refractivity contribution is 5.62. The van der Waals surface area contributed by atoms with Crippen LogP contribution in [-0.4, -0.2) is 12.0 Å². The van der Waals surface area contributed by atoms with Crippen LogP contribution in [0.4, 0.5) is 11.4 Å². The molecule has 1 aromatic carbocycles. The van der Waals surface area contributed by atoms with Gasteiger partial charge in [0.1, 0.15) is 6.07 Å². The summed E-state index contributed by atoms with van der Waals surface area (Å²) in [4.78, 5) is 6.37. The number of nitriles is 1. The van der Waals surface area contributed by atoms with Crippen molar-refractivity contribution in [3.63, 3.8) is 0 Å². The first-order valence-electron chi connectivity index (χ1n) is 6.45. The van der Waals surface area contributed by atoms with Crippen LogP contribution >= 0.6 is 0 Å². The van der Waals surface area contributed by atoms with Crippen LogP contribution in [0.25, 0.3) is 0 Å². The van der Waals surface area contributed by atoms with E-state index in [0.717, 1.165) is 28.3 Å². The normalized spacial score (nSPS) is 10.1. The van der Waals surface area contributed by atoms with Crippen molar-refractivity contribution in [3.8, 4) is 6.07 Å². The summed E-state index contributed by atoms with van der Waals surface area (Å²) in [5, 5.41) is 9.32. The van der Waals surface area contributed by atoms with Crippen molar-refractivity contribution in [1.82, 2.24) is 4.98 Å². The van der Waals surface area contributed by atoms with Crippen molar-refractivity contribution in [3.05, 3.63) is 52.8 Å². The largest absolute Gasteiger partial charge is 0.398 e. The molecular formula is C16H18N4. The van der Waals surface area contributed by atoms with Crippen LogP contribution in [0.2, 0.25) is 0 Å². The van der Waals surface area contributed by atoms with Crippen LogP contribution in [0.5, 0.6) is 0 Å². The quantitative estimate of drug-likeness (QED) is 0.867. The van der Waals surface area contributed by atoms with E-state index in [1.807, 2.05) is 56.1 Å². The molecule has 0 fully saturated rings. The number of anilines is 2. The van der Waals surface area contributed by atoms with E-state index in [1.165, 1.54) is 0 Å². The first kappa shape index (κ1) is 13.9. The summed E-state index contributed by atoms with van der Waals surface area (Å²) >= 11 is 0. The fourth-order valence-electron chi connectivity index (χ4n) is 2.27. The average molecular weight is 266 g/mol. The second-order valence-electron chi connectivity index (χ2n) is 4.91. The highest BCUT2D eigenvalue weighted by atomic mass is 15.1. The SMILES string of the molecule is Cc1cc(N(C)Cc2ccccc2N)c(C#N)c(C)n1. The van der Waals surface area contributed by atoms with Gasteiger partial charge in [0.15, 0.2) is 0 Å². The van der Waals surface area contributed by atoms with E-state index in [1.54, 1.807) is 0 Å². The van der Waals surface area contributed by atoms with Crippen molar-refractivity contribution in [2.45, 2.75) is 20.4 Å². The van der Waals surface area contributed by atoms with Crippen molar-refractivity contribution < 1.29 is 0 Å². The summed E-state index contributed by atoms with van der Waals surface area (Å²) in [5.74, 6) is 0. The molecule has 102 valence electrons. The molecule has 2 N–H and O–H groups in total. The van der Waals surface area contributed by atoms with E-state index < -0.39 is 0 Å². The molecule has 4 heteroatoms. The maximum absolute atomic E-state index is 9.32. The minimum absolute atomic E-state index is 0.618. The molecule has 0 amide bonds. The molecule has 0 saturated carbocycles. The number of aromatic nitrogens is 1. The Hall–Kier alpha value is -2.54. The van der Waals surface area contributed by atoms with Crippen LogP contribution in [0.3, 0.4) is 0 Å². The highest BCUT2D eigenvalue weighted by Gasteiger charge is 2.13. The molecule has 4 nitrogen and oxygen atoms in total. The van der Waals surface area contributed by atoms with E-state index in [0.29, 0.717) is 12.1 Å². The molecule has 0 atom stereocenters. The number of nitrogens with zero attached hydrogens (tertiary/aromatic N) is 3. The van der Waals surface area contributed by atoms with Crippen molar-refractivity contribution >= 4 is 11.4 Å². The molecule has 0 unspecified atom stereocenters. The molecule has 0 aliphatic rings. The van der Waals surface area contributed by atoms with Gasteiger partial charge in [0.05, 0.1) is 16.9 Å². The molecule has 0 spiro atoms. The standard InChI is InChI=1S/C16H18N4/c1-11-8-16(14(9-17)12(2)19-11)20(3)10-13-6-4-5-7-15(13)18/h4-8H,10,18H2,1-3H3. The van der Waals surface area contributed by atoms with Crippen molar-refractivity contribution in [2.24, 2.45) is 0 Å². The van der Waals surface area contributed by atoms with Gasteiger partial charge < -0.3 is 10.6 Å². The van der Waals surface area contributed by atoms with Gasteiger partial charge in [-0.1, -0.05) is 18.2 Å². The number of pyridine rings is 1. The lowest BCUT2D eigenvalue weighted by molar-refractivity contribution is 0.913. The zero-order valence-corrected chi connectivity index (χ0v) is 12.0. The van der Waals surface area contributed by atoms with Crippen LogP contribution in [0.1, 0.15) is 22.5 Å². The minimum atomic E-state index is 0.618. The maximum Gasteiger partial charge on any atom is 0.103 e. The molecule has 2 aromatic rings. The van der Waals surface area contributed by atoms with Gasteiger partial charge in [0.25, 0.3) is 0 Å². The highest BCUT2D eigenvalue weighted by Crippen LogP contribution is 2.24. The predicted octanol–water partition coefficient (Wildman–Crippen LogP) is 2.79. The summed E-state index contributed by atoms with van der Waals surface area (Å²) in [6, 6.07) is 11.9. The number of nitrogen functional groups attached to an aromatic ring is 1. The molecule has 0 radical (unpaired) electrons. The Morgan fingerprint density at radius 2 is 2.00 bits per heavy atom. The van der Waals surface area contributed by atoms with E-state index in [4.69, 9.17) is 5.73 Å². The van der Waals surface area contributed by atoms with Crippen LogP contribution < -0.4 is 10.6 Å². The second-order valence-corrected chi connectivity index (χ2v) is 4.91. The molecule has 1 heterocycles. The monoisotopic (exact) mass is 266 g/mol. The fourth-order valence-corrected chi connectivity index (χ4v) is 2.27. The number of rotatable bonds is 3. The Morgan fingerprint density at radius 1 is 1.30 bits per heavy atom. The van der Waals surface area contributed by atoms with Gasteiger partial charge in [0.2, 0.25) is 0 Å². The lowest BCUT2D eigenvalue weighted by atomic mass is 10.1. The van der Waals surface area contributed by atoms with Gasteiger partial charge in [-0.25, -0.2) is 0 Å². The number of nitrogens with two attached hydrogens (primary N) is 1. The zero-order valence-electron chi connectivity index (χ0n) is 12.0. The van der Waals surface area contributed by atoms with Gasteiger partial charge in [-0.2, -0.15) is 5.26 Å². The Bertz CT molecular complexity index is 671. The number of benzene rings is 1. The Balaban J connectivity index is 2.37. The zero-order chi connectivity index (χ0) is 14.7. The minimum Gasteiger partial charge on any atom is -0.398 e. The summed E-state index contributed by atoms with van der Waals surface area (Å²) in [6.07, 6.45) is 0. The molecule has 1 aromatic heterocycles. The molecule has 0 bridgehead atoms. The van der Waals surface area contributed by atoms with Crippen LogP contribution in [-0.2, 0) is 6.54 Å². The Morgan fingerprint density at radius 3 is 2.65 bits per heavy atom. The molecule has 0 aliphatic heterocycles. The van der Waals surface area contributed by atoms with Gasteiger partial charge in [-0.3, -0.25) is 4.98 Å². The molecule has 20 heavy (non-hydrogen) atoms. The van der Waals surface area contributed by atoms with E-state index in [-0.39, 0.29) is 0 Å². The fraction of sp³-hybridized carbons (Fsp3) is 0.250. The number of para-hydroxylation sites is 1. The predicted molar refractivity (Wildman–Crippen MR) is 81.4 cm³/mol. The van der Waals surface area contributed by atoms with E-state index in [2.05, 4.69) is 11.1 Å². The first-order chi connectivity index (χ1) is 9.52. The summed E-state index contributed by atoms with van der Waals surface area (Å²) in [6.45, 7) is 4.45. The number of hydrogen-bond acceptors (Lipinski definition) is 4. The summed E-state index contributed by atoms with van der Waals surface area (Å²) in [5.41, 5.74) is 11.0.